The monoisotopic (exact) mass is 443 g/mol. The van der Waals surface area contributed by atoms with Crippen LogP contribution < -0.4 is 5.32 Å². The number of hydrogen-bond acceptors (Lipinski definition) is 7. The second kappa shape index (κ2) is 9.65. The standard InChI is InChI=1S/C21H25N5O2S2/c1-2-16-6-3-4-7-17(16)22-19(27)14-24-9-11-25(12-10-24)15-26-21(29)28-20(23-26)18-8-5-13-30-18/h3-8,13H,2,9-12,14-15H2,1H3,(H,22,27). The van der Waals surface area contributed by atoms with Gasteiger partial charge in [0.2, 0.25) is 5.91 Å². The first-order valence-electron chi connectivity index (χ1n) is 10.1. The molecule has 3 aromatic rings. The van der Waals surface area contributed by atoms with Crippen molar-refractivity contribution < 1.29 is 9.21 Å². The van der Waals surface area contributed by atoms with Crippen LogP contribution in [0.5, 0.6) is 0 Å². The molecule has 1 amide bonds. The molecule has 0 spiro atoms. The highest BCUT2D eigenvalue weighted by molar-refractivity contribution is 7.71. The van der Waals surface area contributed by atoms with Gasteiger partial charge in [-0.25, -0.2) is 4.68 Å². The molecular formula is C21H25N5O2S2. The number of nitrogens with one attached hydrogen (secondary N) is 1. The molecule has 0 saturated carbocycles. The SMILES string of the molecule is CCc1ccccc1NC(=O)CN1CCN(Cn2nc(-c3cccs3)oc2=S)CC1. The number of benzene rings is 1. The molecule has 2 aromatic heterocycles. The summed E-state index contributed by atoms with van der Waals surface area (Å²) in [4.78, 5) is 18.3. The van der Waals surface area contributed by atoms with E-state index >= 15 is 0 Å². The molecule has 30 heavy (non-hydrogen) atoms. The zero-order valence-electron chi connectivity index (χ0n) is 16.9. The molecule has 7 nitrogen and oxygen atoms in total. The van der Waals surface area contributed by atoms with Gasteiger partial charge in [0.15, 0.2) is 0 Å². The molecule has 158 valence electrons. The van der Waals surface area contributed by atoms with Crippen LogP contribution in [-0.2, 0) is 17.9 Å². The summed E-state index contributed by atoms with van der Waals surface area (Å²) in [6, 6.07) is 11.9. The number of piperazine rings is 1. The largest absolute Gasteiger partial charge is 0.408 e. The molecule has 1 N–H and O–H groups in total. The lowest BCUT2D eigenvalue weighted by molar-refractivity contribution is -0.117. The van der Waals surface area contributed by atoms with Crippen LogP contribution in [0, 0.1) is 4.84 Å². The minimum absolute atomic E-state index is 0.0312. The van der Waals surface area contributed by atoms with Gasteiger partial charge in [-0.3, -0.25) is 14.6 Å². The summed E-state index contributed by atoms with van der Waals surface area (Å²) in [5, 5.41) is 9.55. The molecule has 9 heteroatoms. The number of hydrogen-bond donors (Lipinski definition) is 1. The van der Waals surface area contributed by atoms with Crippen molar-refractivity contribution in [2.24, 2.45) is 0 Å². The Balaban J connectivity index is 1.27. The molecule has 1 aromatic carbocycles. The van der Waals surface area contributed by atoms with Gasteiger partial charge < -0.3 is 9.73 Å². The number of rotatable bonds is 7. The third-order valence-electron chi connectivity index (χ3n) is 5.18. The van der Waals surface area contributed by atoms with Gasteiger partial charge in [0.05, 0.1) is 18.1 Å². The van der Waals surface area contributed by atoms with Crippen LogP contribution in [0.25, 0.3) is 10.8 Å². The number of carbonyl (C=O) groups is 1. The van der Waals surface area contributed by atoms with Crippen LogP contribution in [0.2, 0.25) is 0 Å². The molecule has 4 rings (SSSR count). The summed E-state index contributed by atoms with van der Waals surface area (Å²) in [6.07, 6.45) is 0.897. The zero-order valence-corrected chi connectivity index (χ0v) is 18.5. The van der Waals surface area contributed by atoms with Crippen LogP contribution in [0.3, 0.4) is 0 Å². The number of amides is 1. The minimum atomic E-state index is 0.0312. The number of para-hydroxylation sites is 1. The lowest BCUT2D eigenvalue weighted by atomic mass is 10.1. The third-order valence-corrected chi connectivity index (χ3v) is 6.33. The van der Waals surface area contributed by atoms with Gasteiger partial charge >= 0.3 is 0 Å². The molecule has 1 aliphatic heterocycles. The minimum Gasteiger partial charge on any atom is -0.408 e. The summed E-state index contributed by atoms with van der Waals surface area (Å²) in [5.74, 6) is 0.598. The Kier molecular flexibility index (Phi) is 6.73. The fourth-order valence-electron chi connectivity index (χ4n) is 3.52. The van der Waals surface area contributed by atoms with Gasteiger partial charge in [-0.05, 0) is 41.7 Å². The van der Waals surface area contributed by atoms with Gasteiger partial charge in [-0.2, -0.15) is 0 Å². The highest BCUT2D eigenvalue weighted by Gasteiger charge is 2.20. The summed E-state index contributed by atoms with van der Waals surface area (Å²) < 4.78 is 7.37. The van der Waals surface area contributed by atoms with E-state index in [0.717, 1.165) is 48.7 Å². The zero-order chi connectivity index (χ0) is 20.9. The maximum absolute atomic E-state index is 12.5. The van der Waals surface area contributed by atoms with Crippen molar-refractivity contribution in [2.75, 3.05) is 38.0 Å². The van der Waals surface area contributed by atoms with Crippen molar-refractivity contribution in [1.82, 2.24) is 19.6 Å². The van der Waals surface area contributed by atoms with E-state index in [1.54, 1.807) is 16.0 Å². The number of nitrogens with zero attached hydrogens (tertiary/aromatic N) is 4. The van der Waals surface area contributed by atoms with Crippen LogP contribution in [0.4, 0.5) is 5.69 Å². The van der Waals surface area contributed by atoms with Gasteiger partial charge in [-0.1, -0.05) is 31.2 Å². The number of carbonyl (C=O) groups excluding carboxylic acids is 1. The van der Waals surface area contributed by atoms with Gasteiger partial charge in [-0.15, -0.1) is 16.4 Å². The van der Waals surface area contributed by atoms with Crippen molar-refractivity contribution in [1.29, 1.82) is 0 Å². The summed E-state index contributed by atoms with van der Waals surface area (Å²) in [5.41, 5.74) is 2.06. The Bertz CT molecular complexity index is 1040. The first kappa shape index (κ1) is 20.9. The molecule has 0 atom stereocenters. The first-order chi connectivity index (χ1) is 14.6. The van der Waals surface area contributed by atoms with E-state index in [1.807, 2.05) is 41.8 Å². The molecule has 1 saturated heterocycles. The summed E-state index contributed by atoms with van der Waals surface area (Å²) in [7, 11) is 0. The van der Waals surface area contributed by atoms with E-state index in [-0.39, 0.29) is 5.91 Å². The van der Waals surface area contributed by atoms with E-state index in [2.05, 4.69) is 27.1 Å². The molecule has 0 bridgehead atoms. The highest BCUT2D eigenvalue weighted by Crippen LogP contribution is 2.23. The van der Waals surface area contributed by atoms with Crippen LogP contribution in [-0.4, -0.2) is 58.2 Å². The summed E-state index contributed by atoms with van der Waals surface area (Å²) >= 11 is 6.91. The van der Waals surface area contributed by atoms with Crippen molar-refractivity contribution in [3.8, 4) is 10.8 Å². The molecule has 0 unspecified atom stereocenters. The van der Waals surface area contributed by atoms with E-state index in [4.69, 9.17) is 16.6 Å². The smallest absolute Gasteiger partial charge is 0.288 e. The second-order valence-electron chi connectivity index (χ2n) is 7.24. The summed E-state index contributed by atoms with van der Waals surface area (Å²) in [6.45, 7) is 6.44. The topological polar surface area (TPSA) is 66.5 Å². The number of thiophene rings is 1. The fraction of sp³-hybridized carbons (Fsp3) is 0.381. The third kappa shape index (κ3) is 5.04. The average molecular weight is 444 g/mol. The number of aromatic nitrogens is 2. The Hall–Kier alpha value is -2.33. The number of aryl methyl sites for hydroxylation is 1. The molecule has 0 aliphatic carbocycles. The molecule has 1 aliphatic rings. The van der Waals surface area contributed by atoms with Gasteiger partial charge in [0.25, 0.3) is 10.7 Å². The molecular weight excluding hydrogens is 418 g/mol. The molecule has 3 heterocycles. The Morgan fingerprint density at radius 3 is 2.67 bits per heavy atom. The molecule has 1 fully saturated rings. The second-order valence-corrected chi connectivity index (χ2v) is 8.54. The maximum atomic E-state index is 12.5. The van der Waals surface area contributed by atoms with E-state index < -0.39 is 0 Å². The predicted octanol–water partition coefficient (Wildman–Crippen LogP) is 3.71. The van der Waals surface area contributed by atoms with Gasteiger partial charge in [0, 0.05) is 31.9 Å². The lowest BCUT2D eigenvalue weighted by Gasteiger charge is -2.33. The van der Waals surface area contributed by atoms with Gasteiger partial charge in [0.1, 0.15) is 0 Å². The average Bonchev–Trinajstić information content (AvgIpc) is 3.40. The first-order valence-corrected chi connectivity index (χ1v) is 11.4. The van der Waals surface area contributed by atoms with Crippen LogP contribution in [0.1, 0.15) is 12.5 Å². The van der Waals surface area contributed by atoms with Crippen molar-refractivity contribution in [2.45, 2.75) is 20.0 Å². The van der Waals surface area contributed by atoms with Crippen molar-refractivity contribution >= 4 is 35.1 Å². The van der Waals surface area contributed by atoms with E-state index in [9.17, 15) is 4.79 Å². The maximum Gasteiger partial charge on any atom is 0.288 e. The lowest BCUT2D eigenvalue weighted by Crippen LogP contribution is -2.49. The fourth-order valence-corrected chi connectivity index (χ4v) is 4.34. The Labute approximate surface area is 184 Å². The van der Waals surface area contributed by atoms with Crippen molar-refractivity contribution in [3.05, 3.63) is 52.2 Å². The van der Waals surface area contributed by atoms with Crippen molar-refractivity contribution in [3.63, 3.8) is 0 Å². The Morgan fingerprint density at radius 1 is 1.17 bits per heavy atom. The predicted molar refractivity (Wildman–Crippen MR) is 121 cm³/mol. The normalized spacial score (nSPS) is 15.4. The van der Waals surface area contributed by atoms with E-state index in [0.29, 0.717) is 23.9 Å². The number of anilines is 1. The van der Waals surface area contributed by atoms with Crippen LogP contribution in [0.15, 0.2) is 46.2 Å². The Morgan fingerprint density at radius 2 is 1.93 bits per heavy atom. The molecule has 0 radical (unpaired) electrons. The van der Waals surface area contributed by atoms with E-state index in [1.165, 1.54) is 0 Å². The van der Waals surface area contributed by atoms with Crippen LogP contribution >= 0.6 is 23.6 Å². The quantitative estimate of drug-likeness (QED) is 0.562. The highest BCUT2D eigenvalue weighted by atomic mass is 32.1.